The molecule has 4 nitrogen and oxygen atoms in total. The van der Waals surface area contributed by atoms with Crippen LogP contribution in [0.5, 0.6) is 0 Å². The minimum Gasteiger partial charge on any atom is -0.383 e. The van der Waals surface area contributed by atoms with Gasteiger partial charge in [0.15, 0.2) is 0 Å². The van der Waals surface area contributed by atoms with Crippen molar-refractivity contribution >= 4 is 5.95 Å². The normalized spacial score (nSPS) is 17.4. The average molecular weight is 257 g/mol. The van der Waals surface area contributed by atoms with Crippen LogP contribution in [0.2, 0.25) is 0 Å². The number of nitrogens with zero attached hydrogens (tertiary/aromatic N) is 2. The van der Waals surface area contributed by atoms with Gasteiger partial charge in [0, 0.05) is 26.0 Å². The molecule has 4 heteroatoms. The minimum absolute atomic E-state index is 0.406. The summed E-state index contributed by atoms with van der Waals surface area (Å²) in [6.45, 7) is 1.47. The predicted octanol–water partition coefficient (Wildman–Crippen LogP) is 2.48. The van der Waals surface area contributed by atoms with Crippen LogP contribution in [0.1, 0.15) is 23.6 Å². The summed E-state index contributed by atoms with van der Waals surface area (Å²) >= 11 is 0. The maximum absolute atomic E-state index is 5.06. The Morgan fingerprint density at radius 2 is 2.32 bits per heavy atom. The molecule has 1 aliphatic rings. The van der Waals surface area contributed by atoms with Gasteiger partial charge in [0.2, 0.25) is 5.95 Å². The molecule has 19 heavy (non-hydrogen) atoms. The number of aryl methyl sites for hydroxylation is 1. The van der Waals surface area contributed by atoms with Crippen LogP contribution in [0.4, 0.5) is 5.95 Å². The number of benzene rings is 1. The molecule has 3 rings (SSSR count). The molecule has 1 heterocycles. The molecule has 0 aliphatic heterocycles. The third-order valence-electron chi connectivity index (χ3n) is 3.69. The van der Waals surface area contributed by atoms with Crippen molar-refractivity contribution in [3.05, 3.63) is 47.8 Å². The van der Waals surface area contributed by atoms with Crippen molar-refractivity contribution in [3.63, 3.8) is 0 Å². The minimum atomic E-state index is 0.406. The van der Waals surface area contributed by atoms with Gasteiger partial charge in [-0.2, -0.15) is 0 Å². The van der Waals surface area contributed by atoms with Crippen LogP contribution in [-0.4, -0.2) is 29.8 Å². The van der Waals surface area contributed by atoms with Gasteiger partial charge in [-0.05, 0) is 24.0 Å². The molecular weight excluding hydrogens is 238 g/mol. The predicted molar refractivity (Wildman–Crippen MR) is 75.5 cm³/mol. The molecule has 1 aromatic heterocycles. The third kappa shape index (κ3) is 2.36. The van der Waals surface area contributed by atoms with Gasteiger partial charge in [0.1, 0.15) is 0 Å². The molecule has 0 spiro atoms. The molecule has 1 aromatic carbocycles. The Balaban J connectivity index is 1.82. The zero-order valence-electron chi connectivity index (χ0n) is 11.2. The molecule has 1 N–H and O–H groups in total. The summed E-state index contributed by atoms with van der Waals surface area (Å²) in [5.41, 5.74) is 2.89. The number of aromatic nitrogens is 2. The second kappa shape index (κ2) is 5.45. The molecule has 0 radical (unpaired) electrons. The molecular formula is C15H19N3O. The van der Waals surface area contributed by atoms with Crippen LogP contribution < -0.4 is 5.32 Å². The first-order valence-corrected chi connectivity index (χ1v) is 6.73. The van der Waals surface area contributed by atoms with E-state index in [9.17, 15) is 0 Å². The summed E-state index contributed by atoms with van der Waals surface area (Å²) < 4.78 is 7.30. The number of methoxy groups -OCH3 is 1. The van der Waals surface area contributed by atoms with E-state index < -0.39 is 0 Å². The highest BCUT2D eigenvalue weighted by molar-refractivity contribution is 5.38. The van der Waals surface area contributed by atoms with Crippen molar-refractivity contribution in [3.8, 4) is 0 Å². The molecule has 2 aromatic rings. The van der Waals surface area contributed by atoms with Gasteiger partial charge >= 0.3 is 0 Å². The highest BCUT2D eigenvalue weighted by Crippen LogP contribution is 2.35. The Morgan fingerprint density at radius 3 is 3.21 bits per heavy atom. The molecule has 0 bridgehead atoms. The number of rotatable bonds is 5. The van der Waals surface area contributed by atoms with E-state index in [1.807, 2.05) is 6.20 Å². The molecule has 0 fully saturated rings. The Morgan fingerprint density at radius 1 is 1.42 bits per heavy atom. The first-order valence-electron chi connectivity index (χ1n) is 6.73. The zero-order valence-corrected chi connectivity index (χ0v) is 11.2. The number of hydrogen-bond acceptors (Lipinski definition) is 3. The lowest BCUT2D eigenvalue weighted by atomic mass is 10.1. The maximum Gasteiger partial charge on any atom is 0.203 e. The molecule has 1 unspecified atom stereocenters. The summed E-state index contributed by atoms with van der Waals surface area (Å²) in [5.74, 6) is 0.929. The molecule has 0 saturated carbocycles. The lowest BCUT2D eigenvalue weighted by Crippen LogP contribution is -2.15. The SMILES string of the molecule is COCCNc1nccn1C1CCc2ccccc21. The van der Waals surface area contributed by atoms with Gasteiger partial charge < -0.3 is 14.6 Å². The lowest BCUT2D eigenvalue weighted by Gasteiger charge is -2.17. The van der Waals surface area contributed by atoms with Crippen LogP contribution in [-0.2, 0) is 11.2 Å². The second-order valence-electron chi connectivity index (χ2n) is 4.83. The molecule has 1 atom stereocenters. The number of fused-ring (bicyclic) bond motifs is 1. The largest absolute Gasteiger partial charge is 0.383 e. The Bertz CT molecular complexity index is 550. The summed E-state index contributed by atoms with van der Waals surface area (Å²) in [4.78, 5) is 4.40. The van der Waals surface area contributed by atoms with E-state index in [2.05, 4.69) is 45.3 Å². The van der Waals surface area contributed by atoms with Gasteiger partial charge in [0.25, 0.3) is 0 Å². The quantitative estimate of drug-likeness (QED) is 0.836. The van der Waals surface area contributed by atoms with Crippen molar-refractivity contribution in [2.45, 2.75) is 18.9 Å². The van der Waals surface area contributed by atoms with Crippen molar-refractivity contribution in [1.29, 1.82) is 0 Å². The van der Waals surface area contributed by atoms with E-state index >= 15 is 0 Å². The van der Waals surface area contributed by atoms with E-state index in [1.165, 1.54) is 11.1 Å². The fourth-order valence-electron chi connectivity index (χ4n) is 2.79. The van der Waals surface area contributed by atoms with Gasteiger partial charge in [-0.15, -0.1) is 0 Å². The van der Waals surface area contributed by atoms with Gasteiger partial charge in [-0.1, -0.05) is 24.3 Å². The van der Waals surface area contributed by atoms with E-state index in [4.69, 9.17) is 4.74 Å². The topological polar surface area (TPSA) is 39.1 Å². The third-order valence-corrected chi connectivity index (χ3v) is 3.69. The summed E-state index contributed by atoms with van der Waals surface area (Å²) in [6.07, 6.45) is 6.21. The van der Waals surface area contributed by atoms with E-state index in [1.54, 1.807) is 7.11 Å². The fraction of sp³-hybridized carbons (Fsp3) is 0.400. The van der Waals surface area contributed by atoms with Gasteiger partial charge in [-0.3, -0.25) is 0 Å². The molecule has 0 saturated heterocycles. The van der Waals surface area contributed by atoms with Crippen LogP contribution in [0.15, 0.2) is 36.7 Å². The lowest BCUT2D eigenvalue weighted by molar-refractivity contribution is 0.210. The number of nitrogens with one attached hydrogen (secondary N) is 1. The highest BCUT2D eigenvalue weighted by atomic mass is 16.5. The zero-order chi connectivity index (χ0) is 13.1. The summed E-state index contributed by atoms with van der Waals surface area (Å²) in [5, 5.41) is 3.33. The molecule has 1 aliphatic carbocycles. The number of hydrogen-bond donors (Lipinski definition) is 1. The van der Waals surface area contributed by atoms with Gasteiger partial charge in [-0.25, -0.2) is 4.98 Å². The smallest absolute Gasteiger partial charge is 0.203 e. The monoisotopic (exact) mass is 257 g/mol. The van der Waals surface area contributed by atoms with Crippen LogP contribution >= 0.6 is 0 Å². The van der Waals surface area contributed by atoms with Crippen LogP contribution in [0.25, 0.3) is 0 Å². The summed E-state index contributed by atoms with van der Waals surface area (Å²) in [7, 11) is 1.71. The maximum atomic E-state index is 5.06. The van der Waals surface area contributed by atoms with E-state index in [-0.39, 0.29) is 0 Å². The first-order chi connectivity index (χ1) is 9.40. The second-order valence-corrected chi connectivity index (χ2v) is 4.83. The number of imidazole rings is 1. The van der Waals surface area contributed by atoms with Crippen LogP contribution in [0, 0.1) is 0 Å². The van der Waals surface area contributed by atoms with Crippen molar-refractivity contribution < 1.29 is 4.74 Å². The standard InChI is InChI=1S/C15H19N3O/c1-19-11-9-17-15-16-8-10-18(15)14-7-6-12-4-2-3-5-13(12)14/h2-5,8,10,14H,6-7,9,11H2,1H3,(H,16,17). The van der Waals surface area contributed by atoms with Crippen molar-refractivity contribution in [1.82, 2.24) is 9.55 Å². The Kier molecular flexibility index (Phi) is 3.51. The summed E-state index contributed by atoms with van der Waals surface area (Å²) in [6, 6.07) is 9.10. The van der Waals surface area contributed by atoms with Gasteiger partial charge in [0.05, 0.1) is 12.6 Å². The molecule has 100 valence electrons. The first kappa shape index (κ1) is 12.2. The Hall–Kier alpha value is -1.81. The average Bonchev–Trinajstić information content (AvgIpc) is 3.04. The van der Waals surface area contributed by atoms with Crippen LogP contribution in [0.3, 0.4) is 0 Å². The van der Waals surface area contributed by atoms with Crippen molar-refractivity contribution in [2.24, 2.45) is 0 Å². The molecule has 0 amide bonds. The van der Waals surface area contributed by atoms with E-state index in [0.29, 0.717) is 12.6 Å². The highest BCUT2D eigenvalue weighted by Gasteiger charge is 2.24. The fourth-order valence-corrected chi connectivity index (χ4v) is 2.79. The van der Waals surface area contributed by atoms with Crippen molar-refractivity contribution in [2.75, 3.05) is 25.6 Å². The van der Waals surface area contributed by atoms with E-state index in [0.717, 1.165) is 25.3 Å². The Labute approximate surface area is 113 Å². The number of anilines is 1. The number of ether oxygens (including phenoxy) is 1.